The van der Waals surface area contributed by atoms with E-state index in [4.69, 9.17) is 0 Å². The van der Waals surface area contributed by atoms with Crippen LogP contribution in [0.1, 0.15) is 12.5 Å². The Morgan fingerprint density at radius 2 is 2.00 bits per heavy atom. The highest BCUT2D eigenvalue weighted by molar-refractivity contribution is 5.88. The van der Waals surface area contributed by atoms with Gasteiger partial charge in [0.05, 0.1) is 0 Å². The SMILES string of the molecule is CC(=O)Nc1ccc(CNC(=O)n2ccnc2)cc1. The number of anilines is 1. The van der Waals surface area contributed by atoms with Gasteiger partial charge in [-0.2, -0.15) is 0 Å². The first-order chi connectivity index (χ1) is 9.15. The van der Waals surface area contributed by atoms with Crippen molar-refractivity contribution in [1.82, 2.24) is 14.9 Å². The summed E-state index contributed by atoms with van der Waals surface area (Å²) < 4.78 is 1.37. The topological polar surface area (TPSA) is 76.0 Å². The average molecular weight is 258 g/mol. The molecule has 1 aromatic heterocycles. The van der Waals surface area contributed by atoms with Gasteiger partial charge < -0.3 is 10.6 Å². The van der Waals surface area contributed by atoms with E-state index >= 15 is 0 Å². The average Bonchev–Trinajstić information content (AvgIpc) is 2.91. The Morgan fingerprint density at radius 3 is 2.58 bits per heavy atom. The number of benzene rings is 1. The maximum Gasteiger partial charge on any atom is 0.327 e. The Balaban J connectivity index is 1.89. The number of carbonyl (C=O) groups excluding carboxylic acids is 2. The van der Waals surface area contributed by atoms with Crippen molar-refractivity contribution in [3.05, 3.63) is 48.5 Å². The summed E-state index contributed by atoms with van der Waals surface area (Å²) in [5.41, 5.74) is 1.68. The van der Waals surface area contributed by atoms with Gasteiger partial charge >= 0.3 is 6.03 Å². The Hall–Kier alpha value is -2.63. The minimum atomic E-state index is -0.233. The number of nitrogens with one attached hydrogen (secondary N) is 2. The second-order valence-electron chi connectivity index (χ2n) is 4.01. The fourth-order valence-corrected chi connectivity index (χ4v) is 1.56. The van der Waals surface area contributed by atoms with E-state index < -0.39 is 0 Å². The zero-order valence-electron chi connectivity index (χ0n) is 10.5. The Bertz CT molecular complexity index is 561. The molecule has 0 saturated carbocycles. The maximum absolute atomic E-state index is 11.6. The van der Waals surface area contributed by atoms with Crippen molar-refractivity contribution in [2.45, 2.75) is 13.5 Å². The van der Waals surface area contributed by atoms with E-state index in [-0.39, 0.29) is 11.9 Å². The third kappa shape index (κ3) is 3.67. The van der Waals surface area contributed by atoms with Crippen LogP contribution in [0.4, 0.5) is 10.5 Å². The fraction of sp³-hybridized carbons (Fsp3) is 0.154. The molecule has 0 aliphatic heterocycles. The number of nitrogens with zero attached hydrogens (tertiary/aromatic N) is 2. The lowest BCUT2D eigenvalue weighted by Gasteiger charge is -2.07. The van der Waals surface area contributed by atoms with Crippen LogP contribution in [0, 0.1) is 0 Å². The molecule has 98 valence electrons. The number of amides is 2. The third-order valence-corrected chi connectivity index (χ3v) is 2.46. The van der Waals surface area contributed by atoms with E-state index in [0.717, 1.165) is 11.3 Å². The summed E-state index contributed by atoms with van der Waals surface area (Å²) in [7, 11) is 0. The molecule has 6 nitrogen and oxygen atoms in total. The predicted octanol–water partition coefficient (Wildman–Crippen LogP) is 1.60. The normalized spacial score (nSPS) is 9.95. The van der Waals surface area contributed by atoms with Crippen molar-refractivity contribution in [3.8, 4) is 0 Å². The van der Waals surface area contributed by atoms with Crippen LogP contribution in [0.3, 0.4) is 0 Å². The van der Waals surface area contributed by atoms with Crippen LogP contribution in [0.25, 0.3) is 0 Å². The monoisotopic (exact) mass is 258 g/mol. The van der Waals surface area contributed by atoms with Crippen molar-refractivity contribution in [1.29, 1.82) is 0 Å². The Morgan fingerprint density at radius 1 is 1.26 bits per heavy atom. The van der Waals surface area contributed by atoms with E-state index in [1.165, 1.54) is 17.8 Å². The predicted molar refractivity (Wildman–Crippen MR) is 70.6 cm³/mol. The van der Waals surface area contributed by atoms with E-state index in [1.807, 2.05) is 12.1 Å². The summed E-state index contributed by atoms with van der Waals surface area (Å²) in [5.74, 6) is -0.110. The summed E-state index contributed by atoms with van der Waals surface area (Å²) in [6.45, 7) is 1.87. The first kappa shape index (κ1) is 12.8. The summed E-state index contributed by atoms with van der Waals surface area (Å²) in [5, 5.41) is 5.44. The molecule has 2 N–H and O–H groups in total. The summed E-state index contributed by atoms with van der Waals surface area (Å²) >= 11 is 0. The van der Waals surface area contributed by atoms with Crippen LogP contribution in [0.15, 0.2) is 43.0 Å². The molecule has 0 aliphatic rings. The zero-order valence-corrected chi connectivity index (χ0v) is 10.5. The van der Waals surface area contributed by atoms with E-state index in [1.54, 1.807) is 24.5 Å². The van der Waals surface area contributed by atoms with Crippen LogP contribution in [0.2, 0.25) is 0 Å². The fourth-order valence-electron chi connectivity index (χ4n) is 1.56. The van der Waals surface area contributed by atoms with Crippen molar-refractivity contribution in [3.63, 3.8) is 0 Å². The van der Waals surface area contributed by atoms with Crippen molar-refractivity contribution in [2.24, 2.45) is 0 Å². The highest BCUT2D eigenvalue weighted by Gasteiger charge is 2.02. The molecule has 0 spiro atoms. The maximum atomic E-state index is 11.6. The smallest absolute Gasteiger partial charge is 0.327 e. The number of rotatable bonds is 3. The van der Waals surface area contributed by atoms with Gasteiger partial charge in [-0.05, 0) is 17.7 Å². The van der Waals surface area contributed by atoms with Crippen LogP contribution >= 0.6 is 0 Å². The number of aromatic nitrogens is 2. The molecule has 0 saturated heterocycles. The van der Waals surface area contributed by atoms with Gasteiger partial charge in [-0.3, -0.25) is 9.36 Å². The minimum Gasteiger partial charge on any atom is -0.333 e. The van der Waals surface area contributed by atoms with E-state index in [9.17, 15) is 9.59 Å². The van der Waals surface area contributed by atoms with Gasteiger partial charge in [0.25, 0.3) is 0 Å². The lowest BCUT2D eigenvalue weighted by atomic mass is 10.2. The molecule has 0 fully saturated rings. The van der Waals surface area contributed by atoms with Gasteiger partial charge in [-0.25, -0.2) is 9.78 Å². The van der Waals surface area contributed by atoms with Gasteiger partial charge in [-0.15, -0.1) is 0 Å². The van der Waals surface area contributed by atoms with Gasteiger partial charge in [0.1, 0.15) is 6.33 Å². The van der Waals surface area contributed by atoms with Crippen molar-refractivity contribution in [2.75, 3.05) is 5.32 Å². The first-order valence-electron chi connectivity index (χ1n) is 5.78. The molecule has 1 heterocycles. The molecule has 19 heavy (non-hydrogen) atoms. The molecular formula is C13H14N4O2. The number of hydrogen-bond donors (Lipinski definition) is 2. The third-order valence-electron chi connectivity index (χ3n) is 2.46. The standard InChI is InChI=1S/C13H14N4O2/c1-10(18)16-12-4-2-11(3-5-12)8-15-13(19)17-7-6-14-9-17/h2-7,9H,8H2,1H3,(H,15,19)(H,16,18). The van der Waals surface area contributed by atoms with Gasteiger partial charge in [0.2, 0.25) is 5.91 Å². The molecule has 1 aromatic carbocycles. The van der Waals surface area contributed by atoms with Gasteiger partial charge in [0, 0.05) is 31.5 Å². The molecule has 0 radical (unpaired) electrons. The minimum absolute atomic E-state index is 0.110. The van der Waals surface area contributed by atoms with E-state index in [2.05, 4.69) is 15.6 Å². The number of hydrogen-bond acceptors (Lipinski definition) is 3. The van der Waals surface area contributed by atoms with Gasteiger partial charge in [-0.1, -0.05) is 12.1 Å². The second-order valence-corrected chi connectivity index (χ2v) is 4.01. The Labute approximate surface area is 110 Å². The molecule has 0 aliphatic carbocycles. The van der Waals surface area contributed by atoms with Gasteiger partial charge in [0.15, 0.2) is 0 Å². The van der Waals surface area contributed by atoms with Crippen LogP contribution < -0.4 is 10.6 Å². The first-order valence-corrected chi connectivity index (χ1v) is 5.78. The molecule has 6 heteroatoms. The lowest BCUT2D eigenvalue weighted by Crippen LogP contribution is -2.26. The Kier molecular flexibility index (Phi) is 3.92. The van der Waals surface area contributed by atoms with Crippen molar-refractivity contribution < 1.29 is 9.59 Å². The highest BCUT2D eigenvalue weighted by atomic mass is 16.2. The molecule has 0 atom stereocenters. The molecule has 0 unspecified atom stereocenters. The van der Waals surface area contributed by atoms with Crippen LogP contribution in [-0.4, -0.2) is 21.5 Å². The summed E-state index contributed by atoms with van der Waals surface area (Å²) in [6.07, 6.45) is 4.56. The molecule has 2 aromatic rings. The molecule has 2 rings (SSSR count). The summed E-state index contributed by atoms with van der Waals surface area (Å²) in [6, 6.07) is 7.04. The largest absolute Gasteiger partial charge is 0.333 e. The summed E-state index contributed by atoms with van der Waals surface area (Å²) in [4.78, 5) is 26.3. The van der Waals surface area contributed by atoms with Crippen molar-refractivity contribution >= 4 is 17.6 Å². The number of imidazole rings is 1. The van der Waals surface area contributed by atoms with Crippen LogP contribution in [-0.2, 0) is 11.3 Å². The lowest BCUT2D eigenvalue weighted by molar-refractivity contribution is -0.114. The van der Waals surface area contributed by atoms with E-state index in [0.29, 0.717) is 6.54 Å². The zero-order chi connectivity index (χ0) is 13.7. The molecule has 0 bridgehead atoms. The molecular weight excluding hydrogens is 244 g/mol. The highest BCUT2D eigenvalue weighted by Crippen LogP contribution is 2.09. The molecule has 2 amide bonds. The van der Waals surface area contributed by atoms with Crippen LogP contribution in [0.5, 0.6) is 0 Å². The second kappa shape index (κ2) is 5.81. The number of carbonyl (C=O) groups is 2. The quantitative estimate of drug-likeness (QED) is 0.878.